The van der Waals surface area contributed by atoms with Gasteiger partial charge in [0.2, 0.25) is 0 Å². The van der Waals surface area contributed by atoms with E-state index in [1.807, 2.05) is 6.07 Å². The lowest BCUT2D eigenvalue weighted by Gasteiger charge is -2.32. The Morgan fingerprint density at radius 1 is 1.45 bits per heavy atom. The minimum Gasteiger partial charge on any atom is -0.496 e. The van der Waals surface area contributed by atoms with Crippen molar-refractivity contribution in [1.82, 2.24) is 5.32 Å². The lowest BCUT2D eigenvalue weighted by atomic mass is 9.89. The molecule has 0 amide bonds. The van der Waals surface area contributed by atoms with Crippen LogP contribution in [0.25, 0.3) is 0 Å². The zero-order valence-corrected chi connectivity index (χ0v) is 13.9. The van der Waals surface area contributed by atoms with Crippen molar-refractivity contribution in [2.75, 3.05) is 26.9 Å². The topological polar surface area (TPSA) is 30.5 Å². The summed E-state index contributed by atoms with van der Waals surface area (Å²) in [5, 5.41) is 3.66. The fourth-order valence-corrected chi connectivity index (χ4v) is 3.32. The largest absolute Gasteiger partial charge is 0.496 e. The molecule has 1 aliphatic heterocycles. The van der Waals surface area contributed by atoms with E-state index in [1.54, 1.807) is 7.11 Å². The van der Waals surface area contributed by atoms with Crippen LogP contribution in [0.1, 0.15) is 25.3 Å². The quantitative estimate of drug-likeness (QED) is 0.860. The van der Waals surface area contributed by atoms with Crippen molar-refractivity contribution in [1.29, 1.82) is 0 Å². The van der Waals surface area contributed by atoms with Crippen molar-refractivity contribution in [3.63, 3.8) is 0 Å². The van der Waals surface area contributed by atoms with E-state index in [2.05, 4.69) is 40.3 Å². The molecule has 0 aromatic heterocycles. The summed E-state index contributed by atoms with van der Waals surface area (Å²) < 4.78 is 12.0. The number of hydrogen-bond donors (Lipinski definition) is 1. The molecule has 2 atom stereocenters. The highest BCUT2D eigenvalue weighted by molar-refractivity contribution is 9.10. The number of hydrogen-bond acceptors (Lipinski definition) is 3. The second kappa shape index (κ2) is 8.01. The molecule has 3 nitrogen and oxygen atoms in total. The van der Waals surface area contributed by atoms with Crippen LogP contribution < -0.4 is 10.1 Å². The summed E-state index contributed by atoms with van der Waals surface area (Å²) in [7, 11) is 1.69. The molecule has 1 aliphatic rings. The third kappa shape index (κ3) is 4.21. The zero-order chi connectivity index (χ0) is 14.4. The van der Waals surface area contributed by atoms with Crippen LogP contribution in [0.15, 0.2) is 22.7 Å². The van der Waals surface area contributed by atoms with Crippen molar-refractivity contribution in [3.8, 4) is 5.75 Å². The summed E-state index contributed by atoms with van der Waals surface area (Å²) in [6.07, 6.45) is 3.34. The first-order chi connectivity index (χ1) is 9.74. The monoisotopic (exact) mass is 341 g/mol. The summed E-state index contributed by atoms with van der Waals surface area (Å²) in [5.41, 5.74) is 1.33. The molecule has 0 aliphatic carbocycles. The van der Waals surface area contributed by atoms with E-state index in [4.69, 9.17) is 9.47 Å². The third-order valence-corrected chi connectivity index (χ3v) is 4.46. The average Bonchev–Trinajstić information content (AvgIpc) is 2.46. The van der Waals surface area contributed by atoms with E-state index in [9.17, 15) is 0 Å². The summed E-state index contributed by atoms with van der Waals surface area (Å²) >= 11 is 3.56. The smallest absolute Gasteiger partial charge is 0.133 e. The van der Waals surface area contributed by atoms with Gasteiger partial charge < -0.3 is 14.8 Å². The Hall–Kier alpha value is -0.580. The molecule has 2 rings (SSSR count). The van der Waals surface area contributed by atoms with Crippen molar-refractivity contribution in [3.05, 3.63) is 28.2 Å². The maximum Gasteiger partial charge on any atom is 0.133 e. The summed E-state index contributed by atoms with van der Waals surface area (Å²) in [6, 6.07) is 6.90. The van der Waals surface area contributed by atoms with Crippen molar-refractivity contribution < 1.29 is 9.47 Å². The Balaban J connectivity index is 2.00. The first kappa shape index (κ1) is 15.8. The number of ether oxygens (including phenoxy) is 2. The van der Waals surface area contributed by atoms with Gasteiger partial charge in [0.25, 0.3) is 0 Å². The molecule has 20 heavy (non-hydrogen) atoms. The van der Waals surface area contributed by atoms with Gasteiger partial charge in [0.05, 0.1) is 18.2 Å². The summed E-state index contributed by atoms with van der Waals surface area (Å²) in [4.78, 5) is 0. The molecule has 112 valence electrons. The molecule has 0 saturated carbocycles. The van der Waals surface area contributed by atoms with Gasteiger partial charge in [-0.3, -0.25) is 0 Å². The Morgan fingerprint density at radius 3 is 3.00 bits per heavy atom. The molecule has 1 aromatic carbocycles. The van der Waals surface area contributed by atoms with Crippen LogP contribution in [0.4, 0.5) is 0 Å². The Labute approximate surface area is 130 Å². The van der Waals surface area contributed by atoms with E-state index in [1.165, 1.54) is 12.0 Å². The second-order valence-corrected chi connectivity index (χ2v) is 6.21. The van der Waals surface area contributed by atoms with Crippen LogP contribution in [0.5, 0.6) is 5.75 Å². The van der Waals surface area contributed by atoms with Crippen LogP contribution in [0.2, 0.25) is 0 Å². The number of benzene rings is 1. The summed E-state index contributed by atoms with van der Waals surface area (Å²) in [6.45, 7) is 5.03. The second-order valence-electron chi connectivity index (χ2n) is 5.36. The predicted molar refractivity (Wildman–Crippen MR) is 85.4 cm³/mol. The predicted octanol–water partition coefficient (Wildman–Crippen LogP) is 3.40. The normalized spacial score (nSPS) is 22.8. The summed E-state index contributed by atoms with van der Waals surface area (Å²) in [5.74, 6) is 1.44. The van der Waals surface area contributed by atoms with Crippen LogP contribution >= 0.6 is 15.9 Å². The SMILES string of the molecule is CCCNC1CCOCC1Cc1ccc(OC)c(Br)c1. The van der Waals surface area contributed by atoms with Crippen molar-refractivity contribution >= 4 is 15.9 Å². The van der Waals surface area contributed by atoms with Gasteiger partial charge >= 0.3 is 0 Å². The van der Waals surface area contributed by atoms with Gasteiger partial charge in [-0.1, -0.05) is 13.0 Å². The number of halogens is 1. The Kier molecular flexibility index (Phi) is 6.33. The molecule has 4 heteroatoms. The highest BCUT2D eigenvalue weighted by atomic mass is 79.9. The molecule has 1 fully saturated rings. The highest BCUT2D eigenvalue weighted by Gasteiger charge is 2.25. The van der Waals surface area contributed by atoms with Gasteiger partial charge in [-0.2, -0.15) is 0 Å². The number of rotatable bonds is 6. The van der Waals surface area contributed by atoms with E-state index in [0.29, 0.717) is 12.0 Å². The van der Waals surface area contributed by atoms with Gasteiger partial charge in [0, 0.05) is 18.6 Å². The highest BCUT2D eigenvalue weighted by Crippen LogP contribution is 2.28. The maximum atomic E-state index is 5.66. The first-order valence-electron chi connectivity index (χ1n) is 7.38. The molecule has 1 N–H and O–H groups in total. The van der Waals surface area contributed by atoms with Crippen LogP contribution in [0.3, 0.4) is 0 Å². The number of nitrogens with one attached hydrogen (secondary N) is 1. The molecular weight excluding hydrogens is 318 g/mol. The Morgan fingerprint density at radius 2 is 2.30 bits per heavy atom. The lowest BCUT2D eigenvalue weighted by Crippen LogP contribution is -2.43. The van der Waals surface area contributed by atoms with Gasteiger partial charge in [0.1, 0.15) is 5.75 Å². The fraction of sp³-hybridized carbons (Fsp3) is 0.625. The van der Waals surface area contributed by atoms with Gasteiger partial charge in [-0.05, 0) is 59.4 Å². The molecule has 0 radical (unpaired) electrons. The fourth-order valence-electron chi connectivity index (χ4n) is 2.74. The van der Waals surface area contributed by atoms with Crippen molar-refractivity contribution in [2.45, 2.75) is 32.2 Å². The molecule has 0 bridgehead atoms. The van der Waals surface area contributed by atoms with E-state index < -0.39 is 0 Å². The minimum atomic E-state index is 0.551. The van der Waals surface area contributed by atoms with E-state index in [0.717, 1.165) is 42.8 Å². The van der Waals surface area contributed by atoms with Crippen molar-refractivity contribution in [2.24, 2.45) is 5.92 Å². The third-order valence-electron chi connectivity index (χ3n) is 3.84. The molecule has 1 heterocycles. The van der Waals surface area contributed by atoms with Crippen LogP contribution in [-0.2, 0) is 11.2 Å². The number of methoxy groups -OCH3 is 1. The molecule has 1 saturated heterocycles. The van der Waals surface area contributed by atoms with E-state index >= 15 is 0 Å². The Bertz CT molecular complexity index is 425. The lowest BCUT2D eigenvalue weighted by molar-refractivity contribution is 0.0322. The maximum absolute atomic E-state index is 5.66. The van der Waals surface area contributed by atoms with Crippen LogP contribution in [0, 0.1) is 5.92 Å². The average molecular weight is 342 g/mol. The molecule has 0 spiro atoms. The molecular formula is C16H24BrNO2. The first-order valence-corrected chi connectivity index (χ1v) is 8.17. The standard InChI is InChI=1S/C16H24BrNO2/c1-3-7-18-15-6-8-20-11-13(15)9-12-4-5-16(19-2)14(17)10-12/h4-5,10,13,15,18H,3,6-9,11H2,1-2H3. The van der Waals surface area contributed by atoms with E-state index in [-0.39, 0.29) is 0 Å². The molecule has 1 aromatic rings. The minimum absolute atomic E-state index is 0.551. The zero-order valence-electron chi connectivity index (χ0n) is 12.3. The van der Waals surface area contributed by atoms with Gasteiger partial charge in [0.15, 0.2) is 0 Å². The van der Waals surface area contributed by atoms with Crippen LogP contribution in [-0.4, -0.2) is 32.9 Å². The van der Waals surface area contributed by atoms with Gasteiger partial charge in [-0.25, -0.2) is 0 Å². The van der Waals surface area contributed by atoms with Gasteiger partial charge in [-0.15, -0.1) is 0 Å². The molecule has 2 unspecified atom stereocenters.